The van der Waals surface area contributed by atoms with E-state index < -0.39 is 9.85 Å². The third-order valence-corrected chi connectivity index (χ3v) is 5.68. The summed E-state index contributed by atoms with van der Waals surface area (Å²) in [6.07, 6.45) is 7.92. The molecule has 0 aliphatic carbocycles. The number of fused-ring (bicyclic) bond motifs is 1. The van der Waals surface area contributed by atoms with E-state index in [9.17, 15) is 20.2 Å². The molecule has 1 saturated heterocycles. The van der Waals surface area contributed by atoms with Crippen LogP contribution in [0.1, 0.15) is 51.1 Å². The van der Waals surface area contributed by atoms with Crippen molar-refractivity contribution in [1.29, 1.82) is 0 Å². The molecule has 2 heterocycles. The number of likely N-dealkylation sites (tertiary alicyclic amines) is 1. The first-order chi connectivity index (χ1) is 13.5. The van der Waals surface area contributed by atoms with E-state index in [1.165, 1.54) is 38.2 Å². The van der Waals surface area contributed by atoms with E-state index >= 15 is 0 Å². The molecule has 1 fully saturated rings. The molecule has 3 rings (SSSR count). The zero-order valence-electron chi connectivity index (χ0n) is 16.2. The van der Waals surface area contributed by atoms with Gasteiger partial charge in [0, 0.05) is 11.5 Å². The number of aromatic amines is 1. The average molecular weight is 389 g/mol. The number of H-pyrrole nitrogens is 1. The van der Waals surface area contributed by atoms with Crippen LogP contribution in [0.5, 0.6) is 0 Å². The van der Waals surface area contributed by atoms with Crippen LogP contribution in [0.4, 0.5) is 11.4 Å². The van der Waals surface area contributed by atoms with E-state index in [-0.39, 0.29) is 16.9 Å². The van der Waals surface area contributed by atoms with E-state index in [1.807, 2.05) is 0 Å². The summed E-state index contributed by atoms with van der Waals surface area (Å²) in [6.45, 7) is 5.42. The second kappa shape index (κ2) is 9.09. The Morgan fingerprint density at radius 1 is 1.18 bits per heavy atom. The molecule has 152 valence electrons. The summed E-state index contributed by atoms with van der Waals surface area (Å²) < 4.78 is 0. The molecule has 0 atom stereocenters. The van der Waals surface area contributed by atoms with Crippen LogP contribution in [0.25, 0.3) is 10.9 Å². The van der Waals surface area contributed by atoms with Gasteiger partial charge in [0.1, 0.15) is 5.52 Å². The molecular formula is C19H27N5O4. The largest absolute Gasteiger partial charge is 0.303 e. The SMILES string of the molecule is CCCCC1CCN(CCCc2n[nH]c3c([N+](=O)[O-])cc([N+](=O)[O-])cc23)CC1. The highest BCUT2D eigenvalue weighted by Gasteiger charge is 2.23. The van der Waals surface area contributed by atoms with Crippen molar-refractivity contribution in [3.8, 4) is 0 Å². The van der Waals surface area contributed by atoms with Gasteiger partial charge >= 0.3 is 5.69 Å². The summed E-state index contributed by atoms with van der Waals surface area (Å²) >= 11 is 0. The van der Waals surface area contributed by atoms with Crippen molar-refractivity contribution >= 4 is 22.3 Å². The summed E-state index contributed by atoms with van der Waals surface area (Å²) in [5.74, 6) is 0.854. The minimum Gasteiger partial charge on any atom is -0.303 e. The summed E-state index contributed by atoms with van der Waals surface area (Å²) in [5.41, 5.74) is 0.315. The minimum atomic E-state index is -0.611. The molecule has 1 N–H and O–H groups in total. The molecule has 2 aromatic rings. The van der Waals surface area contributed by atoms with E-state index in [0.717, 1.165) is 38.0 Å². The molecule has 1 aromatic carbocycles. The van der Waals surface area contributed by atoms with Crippen molar-refractivity contribution in [3.05, 3.63) is 38.1 Å². The van der Waals surface area contributed by atoms with E-state index in [1.54, 1.807) is 0 Å². The predicted molar refractivity (Wildman–Crippen MR) is 106 cm³/mol. The standard InChI is InChI=1S/C19H27N5O4/c1-2-3-5-14-7-10-22(11-8-14)9-4-6-17-16-12-15(23(25)26)13-18(24(27)28)19(16)21-20-17/h12-14H,2-11H2,1H3,(H,20,21). The topological polar surface area (TPSA) is 118 Å². The number of nitro benzene ring substituents is 2. The maximum atomic E-state index is 11.2. The smallest absolute Gasteiger partial charge is 0.301 e. The lowest BCUT2D eigenvalue weighted by atomic mass is 9.91. The van der Waals surface area contributed by atoms with Gasteiger partial charge < -0.3 is 4.90 Å². The Hall–Kier alpha value is -2.55. The van der Waals surface area contributed by atoms with Gasteiger partial charge in [0.2, 0.25) is 0 Å². The maximum absolute atomic E-state index is 11.2. The zero-order chi connectivity index (χ0) is 20.1. The van der Waals surface area contributed by atoms with Crippen molar-refractivity contribution in [1.82, 2.24) is 15.1 Å². The third kappa shape index (κ3) is 4.64. The van der Waals surface area contributed by atoms with Crippen molar-refractivity contribution in [2.45, 2.75) is 51.9 Å². The fraction of sp³-hybridized carbons (Fsp3) is 0.632. The molecule has 0 unspecified atom stereocenters. The minimum absolute atomic E-state index is 0.252. The highest BCUT2D eigenvalue weighted by atomic mass is 16.6. The highest BCUT2D eigenvalue weighted by Crippen LogP contribution is 2.31. The summed E-state index contributed by atoms with van der Waals surface area (Å²) in [5, 5.41) is 29.7. The highest BCUT2D eigenvalue weighted by molar-refractivity contribution is 5.91. The van der Waals surface area contributed by atoms with Crippen LogP contribution in [0.2, 0.25) is 0 Å². The Bertz CT molecular complexity index is 842. The van der Waals surface area contributed by atoms with Crippen LogP contribution in [-0.4, -0.2) is 44.6 Å². The lowest BCUT2D eigenvalue weighted by Gasteiger charge is -2.31. The molecule has 9 nitrogen and oxygen atoms in total. The molecule has 0 amide bonds. The predicted octanol–water partition coefficient (Wildman–Crippen LogP) is 4.21. The van der Waals surface area contributed by atoms with Gasteiger partial charge in [-0.1, -0.05) is 26.2 Å². The molecule has 1 aliphatic rings. The molecule has 9 heteroatoms. The van der Waals surface area contributed by atoms with Gasteiger partial charge in [-0.05, 0) is 51.2 Å². The Labute approximate surface area is 163 Å². The molecule has 1 aliphatic heterocycles. The number of non-ortho nitro benzene ring substituents is 2. The van der Waals surface area contributed by atoms with Gasteiger partial charge in [0.15, 0.2) is 0 Å². The number of nitro groups is 2. The number of aryl methyl sites for hydroxylation is 1. The number of unbranched alkanes of at least 4 members (excludes halogenated alkanes) is 1. The monoisotopic (exact) mass is 389 g/mol. The second-order valence-electron chi connectivity index (χ2n) is 7.60. The van der Waals surface area contributed by atoms with E-state index in [2.05, 4.69) is 22.0 Å². The number of nitrogens with zero attached hydrogens (tertiary/aromatic N) is 4. The Morgan fingerprint density at radius 2 is 1.93 bits per heavy atom. The molecule has 28 heavy (non-hydrogen) atoms. The molecule has 0 spiro atoms. The van der Waals surface area contributed by atoms with Gasteiger partial charge in [-0.15, -0.1) is 0 Å². The summed E-state index contributed by atoms with van der Waals surface area (Å²) in [6, 6.07) is 2.35. The van der Waals surface area contributed by atoms with Crippen LogP contribution in [0, 0.1) is 26.1 Å². The molecular weight excluding hydrogens is 362 g/mol. The van der Waals surface area contributed by atoms with Gasteiger partial charge in [-0.2, -0.15) is 5.10 Å². The molecule has 1 aromatic heterocycles. The van der Waals surface area contributed by atoms with E-state index in [0.29, 0.717) is 17.5 Å². The lowest BCUT2D eigenvalue weighted by molar-refractivity contribution is -0.393. The molecule has 0 saturated carbocycles. The first-order valence-electron chi connectivity index (χ1n) is 10.0. The summed E-state index contributed by atoms with van der Waals surface area (Å²) in [7, 11) is 0. The van der Waals surface area contributed by atoms with Gasteiger partial charge in [-0.25, -0.2) is 0 Å². The fourth-order valence-electron chi connectivity index (χ4n) is 4.04. The van der Waals surface area contributed by atoms with Gasteiger partial charge in [-0.3, -0.25) is 25.3 Å². The number of benzene rings is 1. The second-order valence-corrected chi connectivity index (χ2v) is 7.60. The Balaban J connectivity index is 1.61. The number of nitrogens with one attached hydrogen (secondary N) is 1. The number of hydrogen-bond donors (Lipinski definition) is 1. The quantitative estimate of drug-likeness (QED) is 0.507. The normalized spacial score (nSPS) is 15.9. The number of rotatable bonds is 9. The van der Waals surface area contributed by atoms with Gasteiger partial charge in [0.05, 0.1) is 21.6 Å². The van der Waals surface area contributed by atoms with Crippen LogP contribution in [0.15, 0.2) is 12.1 Å². The third-order valence-electron chi connectivity index (χ3n) is 5.68. The zero-order valence-corrected chi connectivity index (χ0v) is 16.2. The average Bonchev–Trinajstić information content (AvgIpc) is 3.09. The van der Waals surface area contributed by atoms with Gasteiger partial charge in [0.25, 0.3) is 5.69 Å². The molecule has 0 radical (unpaired) electrons. The molecule has 0 bridgehead atoms. The number of hydrogen-bond acceptors (Lipinski definition) is 6. The van der Waals surface area contributed by atoms with Crippen LogP contribution >= 0.6 is 0 Å². The number of aromatic nitrogens is 2. The van der Waals surface area contributed by atoms with Crippen molar-refractivity contribution in [2.75, 3.05) is 19.6 Å². The first kappa shape index (κ1) is 20.2. The Morgan fingerprint density at radius 3 is 2.57 bits per heavy atom. The van der Waals surface area contributed by atoms with Crippen LogP contribution in [-0.2, 0) is 6.42 Å². The Kier molecular flexibility index (Phi) is 6.56. The van der Waals surface area contributed by atoms with E-state index in [4.69, 9.17) is 0 Å². The lowest BCUT2D eigenvalue weighted by Crippen LogP contribution is -2.34. The van der Waals surface area contributed by atoms with Crippen LogP contribution < -0.4 is 0 Å². The number of piperidine rings is 1. The first-order valence-corrected chi connectivity index (χ1v) is 10.0. The summed E-state index contributed by atoms with van der Waals surface area (Å²) in [4.78, 5) is 23.6. The van der Waals surface area contributed by atoms with Crippen molar-refractivity contribution in [2.24, 2.45) is 5.92 Å². The maximum Gasteiger partial charge on any atom is 0.301 e. The fourth-order valence-corrected chi connectivity index (χ4v) is 4.04. The van der Waals surface area contributed by atoms with Crippen LogP contribution in [0.3, 0.4) is 0 Å². The van der Waals surface area contributed by atoms with Crippen molar-refractivity contribution < 1.29 is 9.85 Å². The van der Waals surface area contributed by atoms with Crippen molar-refractivity contribution in [3.63, 3.8) is 0 Å².